The maximum atomic E-state index is 9.26. The molecule has 0 spiro atoms. The van der Waals surface area contributed by atoms with Crippen LogP contribution in [0.1, 0.15) is 32.3 Å². The fraction of sp³-hybridized carbons (Fsp3) is 0.417. The molecule has 0 atom stereocenters. The van der Waals surface area contributed by atoms with Gasteiger partial charge < -0.3 is 0 Å². The normalized spacial score (nSPS) is 11.1. The summed E-state index contributed by atoms with van der Waals surface area (Å²) in [4.78, 5) is 0. The summed E-state index contributed by atoms with van der Waals surface area (Å²) < 4.78 is 0. The molecule has 3 heteroatoms. The van der Waals surface area contributed by atoms with Gasteiger partial charge in [-0.05, 0) is 30.5 Å². The van der Waals surface area contributed by atoms with Crippen LogP contribution in [0.5, 0.6) is 0 Å². The highest BCUT2D eigenvalue weighted by Gasteiger charge is 2.28. The summed E-state index contributed by atoms with van der Waals surface area (Å²) in [5.41, 5.74) is 0.512. The minimum absolute atomic E-state index is 0.436. The van der Waals surface area contributed by atoms with Crippen LogP contribution in [0.3, 0.4) is 0 Å². The molecule has 80 valence electrons. The van der Waals surface area contributed by atoms with Crippen LogP contribution in [-0.4, -0.2) is 0 Å². The maximum absolute atomic E-state index is 9.26. The van der Waals surface area contributed by atoms with Gasteiger partial charge in [0, 0.05) is 0 Å². The van der Waals surface area contributed by atoms with E-state index in [0.29, 0.717) is 10.0 Å². The SMILES string of the molecule is CCC(C#N)(CC)c1ccc(Cl)c(Cl)c1. The molecule has 0 aliphatic rings. The Morgan fingerprint density at radius 1 is 1.20 bits per heavy atom. The first-order valence-electron chi connectivity index (χ1n) is 4.96. The van der Waals surface area contributed by atoms with E-state index in [-0.39, 0.29) is 0 Å². The van der Waals surface area contributed by atoms with Gasteiger partial charge in [-0.2, -0.15) is 5.26 Å². The van der Waals surface area contributed by atoms with E-state index >= 15 is 0 Å². The van der Waals surface area contributed by atoms with Gasteiger partial charge in [-0.1, -0.05) is 43.1 Å². The number of hydrogen-bond donors (Lipinski definition) is 0. The molecule has 0 bridgehead atoms. The lowest BCUT2D eigenvalue weighted by Crippen LogP contribution is -2.21. The van der Waals surface area contributed by atoms with Crippen LogP contribution < -0.4 is 0 Å². The van der Waals surface area contributed by atoms with Crippen molar-refractivity contribution in [3.63, 3.8) is 0 Å². The van der Waals surface area contributed by atoms with Crippen molar-refractivity contribution < 1.29 is 0 Å². The summed E-state index contributed by atoms with van der Waals surface area (Å²) in [5.74, 6) is 0. The number of hydrogen-bond acceptors (Lipinski definition) is 1. The van der Waals surface area contributed by atoms with Crippen LogP contribution in [0.2, 0.25) is 10.0 Å². The summed E-state index contributed by atoms with van der Waals surface area (Å²) in [7, 11) is 0. The third-order valence-electron chi connectivity index (χ3n) is 2.89. The third-order valence-corrected chi connectivity index (χ3v) is 3.63. The second-order valence-corrected chi connectivity index (χ2v) is 4.34. The summed E-state index contributed by atoms with van der Waals surface area (Å²) in [6.07, 6.45) is 1.55. The standard InChI is InChI=1S/C12H13Cl2N/c1-3-12(4-2,8-15)9-5-6-10(13)11(14)7-9/h5-7H,3-4H2,1-2H3. The molecule has 0 amide bonds. The van der Waals surface area contributed by atoms with Crippen molar-refractivity contribution in [3.05, 3.63) is 33.8 Å². The molecule has 0 aliphatic carbocycles. The van der Waals surface area contributed by atoms with E-state index in [0.717, 1.165) is 18.4 Å². The molecular formula is C12H13Cl2N. The lowest BCUT2D eigenvalue weighted by molar-refractivity contribution is 0.511. The molecule has 0 N–H and O–H groups in total. The molecule has 0 aliphatic heterocycles. The van der Waals surface area contributed by atoms with Crippen molar-refractivity contribution in [2.75, 3.05) is 0 Å². The summed E-state index contributed by atoms with van der Waals surface area (Å²) in [6.45, 7) is 4.02. The van der Waals surface area contributed by atoms with Crippen LogP contribution in [-0.2, 0) is 5.41 Å². The molecule has 15 heavy (non-hydrogen) atoms. The predicted octanol–water partition coefficient (Wildman–Crippen LogP) is 4.57. The highest BCUT2D eigenvalue weighted by Crippen LogP contribution is 2.34. The van der Waals surface area contributed by atoms with Gasteiger partial charge >= 0.3 is 0 Å². The van der Waals surface area contributed by atoms with Crippen molar-refractivity contribution in [3.8, 4) is 6.07 Å². The van der Waals surface area contributed by atoms with Gasteiger partial charge in [0.15, 0.2) is 0 Å². The zero-order chi connectivity index (χ0) is 11.5. The first-order valence-corrected chi connectivity index (χ1v) is 5.72. The van der Waals surface area contributed by atoms with Crippen molar-refractivity contribution in [1.82, 2.24) is 0 Å². The Labute approximate surface area is 101 Å². The summed E-state index contributed by atoms with van der Waals surface area (Å²) >= 11 is 11.8. The van der Waals surface area contributed by atoms with E-state index in [1.54, 1.807) is 12.1 Å². The van der Waals surface area contributed by atoms with Crippen LogP contribution in [0.4, 0.5) is 0 Å². The Morgan fingerprint density at radius 2 is 1.80 bits per heavy atom. The maximum Gasteiger partial charge on any atom is 0.0817 e. The van der Waals surface area contributed by atoms with Crippen LogP contribution in [0.15, 0.2) is 18.2 Å². The summed E-state index contributed by atoms with van der Waals surface area (Å²) in [6, 6.07) is 7.79. The van der Waals surface area contributed by atoms with E-state index in [4.69, 9.17) is 23.2 Å². The highest BCUT2D eigenvalue weighted by molar-refractivity contribution is 6.42. The van der Waals surface area contributed by atoms with E-state index < -0.39 is 5.41 Å². The largest absolute Gasteiger partial charge is 0.197 e. The van der Waals surface area contributed by atoms with Gasteiger partial charge in [-0.25, -0.2) is 0 Å². The average molecular weight is 242 g/mol. The molecule has 0 saturated heterocycles. The molecule has 0 radical (unpaired) electrons. The number of benzene rings is 1. The van der Waals surface area contributed by atoms with Gasteiger partial charge in [-0.3, -0.25) is 0 Å². The fourth-order valence-electron chi connectivity index (χ4n) is 1.67. The Hall–Kier alpha value is -0.710. The van der Waals surface area contributed by atoms with Gasteiger partial charge in [0.2, 0.25) is 0 Å². The average Bonchev–Trinajstić information content (AvgIpc) is 2.26. The molecule has 0 aromatic heterocycles. The van der Waals surface area contributed by atoms with Crippen molar-refractivity contribution in [1.29, 1.82) is 5.26 Å². The zero-order valence-electron chi connectivity index (χ0n) is 8.85. The first-order chi connectivity index (χ1) is 7.09. The molecule has 0 saturated carbocycles. The number of nitrogens with zero attached hydrogens (tertiary/aromatic N) is 1. The van der Waals surface area contributed by atoms with Gasteiger partial charge in [-0.15, -0.1) is 0 Å². The van der Waals surface area contributed by atoms with Crippen LogP contribution in [0.25, 0.3) is 0 Å². The quantitative estimate of drug-likeness (QED) is 0.761. The molecule has 0 heterocycles. The molecule has 1 rings (SSSR count). The second kappa shape index (κ2) is 4.88. The van der Waals surface area contributed by atoms with Gasteiger partial charge in [0.1, 0.15) is 0 Å². The van der Waals surface area contributed by atoms with Gasteiger partial charge in [0.25, 0.3) is 0 Å². The van der Waals surface area contributed by atoms with Crippen molar-refractivity contribution in [2.45, 2.75) is 32.1 Å². The topological polar surface area (TPSA) is 23.8 Å². The first kappa shape index (κ1) is 12.4. The van der Waals surface area contributed by atoms with E-state index in [1.807, 2.05) is 19.9 Å². The third kappa shape index (κ3) is 2.27. The van der Waals surface area contributed by atoms with Crippen LogP contribution in [0, 0.1) is 11.3 Å². The van der Waals surface area contributed by atoms with Crippen molar-refractivity contribution >= 4 is 23.2 Å². The highest BCUT2D eigenvalue weighted by atomic mass is 35.5. The Balaban J connectivity index is 3.25. The molecule has 1 nitrogen and oxygen atoms in total. The number of rotatable bonds is 3. The number of nitriles is 1. The van der Waals surface area contributed by atoms with E-state index in [9.17, 15) is 5.26 Å². The number of halogens is 2. The smallest absolute Gasteiger partial charge is 0.0817 e. The second-order valence-electron chi connectivity index (χ2n) is 3.53. The molecule has 1 aromatic carbocycles. The zero-order valence-corrected chi connectivity index (χ0v) is 10.4. The lowest BCUT2D eigenvalue weighted by Gasteiger charge is -2.24. The van der Waals surface area contributed by atoms with Crippen molar-refractivity contribution in [2.24, 2.45) is 0 Å². The Kier molecular flexibility index (Phi) is 4.02. The Bertz CT molecular complexity index is 389. The Morgan fingerprint density at radius 3 is 2.20 bits per heavy atom. The monoisotopic (exact) mass is 241 g/mol. The molecule has 0 fully saturated rings. The van der Waals surface area contributed by atoms with Gasteiger partial charge in [0.05, 0.1) is 21.5 Å². The van der Waals surface area contributed by atoms with E-state index in [1.165, 1.54) is 0 Å². The molecular weight excluding hydrogens is 229 g/mol. The van der Waals surface area contributed by atoms with E-state index in [2.05, 4.69) is 6.07 Å². The molecule has 1 aromatic rings. The fourth-order valence-corrected chi connectivity index (χ4v) is 1.97. The minimum atomic E-state index is -0.436. The predicted molar refractivity (Wildman–Crippen MR) is 64.3 cm³/mol. The minimum Gasteiger partial charge on any atom is -0.197 e. The molecule has 0 unspecified atom stereocenters. The summed E-state index contributed by atoms with van der Waals surface area (Å²) in [5, 5.41) is 10.3. The van der Waals surface area contributed by atoms with Crippen LogP contribution >= 0.6 is 23.2 Å². The lowest BCUT2D eigenvalue weighted by atomic mass is 9.77.